The number of aliphatic hydroxyl groups excluding tert-OH is 1. The molecule has 1 aromatic rings. The van der Waals surface area contributed by atoms with Crippen LogP contribution in [0.1, 0.15) is 6.92 Å². The van der Waals surface area contributed by atoms with Crippen molar-refractivity contribution in [3.8, 4) is 5.75 Å². The molecule has 0 radical (unpaired) electrons. The number of esters is 1. The summed E-state index contributed by atoms with van der Waals surface area (Å²) in [6, 6.07) is 8.80. The molecular formula is C13H19NO4. The Bertz CT molecular complexity index is 355. The second-order valence-corrected chi connectivity index (χ2v) is 3.93. The number of carbonyl (C=O) groups excluding carboxylic acids is 1. The predicted octanol–water partition coefficient (Wildman–Crippen LogP) is 0.577. The van der Waals surface area contributed by atoms with Gasteiger partial charge in [-0.15, -0.1) is 0 Å². The highest BCUT2D eigenvalue weighted by Gasteiger charge is 2.14. The van der Waals surface area contributed by atoms with Gasteiger partial charge in [-0.25, -0.2) is 0 Å². The highest BCUT2D eigenvalue weighted by Crippen LogP contribution is 2.08. The number of rotatable bonds is 7. The van der Waals surface area contributed by atoms with Gasteiger partial charge in [0.1, 0.15) is 24.5 Å². The van der Waals surface area contributed by atoms with Gasteiger partial charge in [0, 0.05) is 6.54 Å². The second kappa shape index (κ2) is 7.68. The summed E-state index contributed by atoms with van der Waals surface area (Å²) in [5.41, 5.74) is 0. The first-order valence-corrected chi connectivity index (χ1v) is 5.80. The lowest BCUT2D eigenvalue weighted by molar-refractivity contribution is -0.142. The van der Waals surface area contributed by atoms with Crippen LogP contribution in [0.4, 0.5) is 0 Å². The van der Waals surface area contributed by atoms with Crippen LogP contribution in [0.2, 0.25) is 0 Å². The minimum atomic E-state index is -0.683. The Morgan fingerprint density at radius 2 is 2.06 bits per heavy atom. The van der Waals surface area contributed by atoms with Crippen LogP contribution >= 0.6 is 0 Å². The van der Waals surface area contributed by atoms with E-state index in [1.165, 1.54) is 7.11 Å². The lowest BCUT2D eigenvalue weighted by Gasteiger charge is -2.16. The lowest BCUT2D eigenvalue weighted by Crippen LogP contribution is -2.41. The van der Waals surface area contributed by atoms with Gasteiger partial charge in [-0.2, -0.15) is 0 Å². The molecule has 0 spiro atoms. The minimum Gasteiger partial charge on any atom is -0.491 e. The fourth-order valence-corrected chi connectivity index (χ4v) is 1.34. The van der Waals surface area contributed by atoms with Gasteiger partial charge in [0.2, 0.25) is 0 Å². The monoisotopic (exact) mass is 253 g/mol. The van der Waals surface area contributed by atoms with Crippen molar-refractivity contribution >= 4 is 5.97 Å². The van der Waals surface area contributed by atoms with E-state index >= 15 is 0 Å². The Morgan fingerprint density at radius 1 is 1.39 bits per heavy atom. The Morgan fingerprint density at radius 3 is 2.67 bits per heavy atom. The maximum Gasteiger partial charge on any atom is 0.322 e. The van der Waals surface area contributed by atoms with Crippen molar-refractivity contribution in [2.24, 2.45) is 0 Å². The first-order chi connectivity index (χ1) is 8.63. The summed E-state index contributed by atoms with van der Waals surface area (Å²) in [5.74, 6) is 0.351. The molecule has 5 nitrogen and oxygen atoms in total. The molecule has 100 valence electrons. The van der Waals surface area contributed by atoms with Crippen LogP contribution < -0.4 is 10.1 Å². The van der Waals surface area contributed by atoms with Crippen molar-refractivity contribution in [1.29, 1.82) is 0 Å². The zero-order valence-electron chi connectivity index (χ0n) is 10.6. The van der Waals surface area contributed by atoms with Crippen LogP contribution in [0.15, 0.2) is 30.3 Å². The molecule has 0 aliphatic heterocycles. The van der Waals surface area contributed by atoms with Crippen LogP contribution in [0.5, 0.6) is 5.75 Å². The molecule has 2 N–H and O–H groups in total. The molecule has 1 aromatic carbocycles. The number of methoxy groups -OCH3 is 1. The van der Waals surface area contributed by atoms with Crippen LogP contribution in [-0.4, -0.2) is 43.5 Å². The average molecular weight is 253 g/mol. The van der Waals surface area contributed by atoms with E-state index in [-0.39, 0.29) is 19.1 Å². The largest absolute Gasteiger partial charge is 0.491 e. The Kier molecular flexibility index (Phi) is 6.18. The summed E-state index contributed by atoms with van der Waals surface area (Å²) < 4.78 is 9.94. The van der Waals surface area contributed by atoms with Crippen LogP contribution in [0.3, 0.4) is 0 Å². The number of carbonyl (C=O) groups is 1. The van der Waals surface area contributed by atoms with Crippen molar-refractivity contribution in [3.05, 3.63) is 30.3 Å². The van der Waals surface area contributed by atoms with Gasteiger partial charge in [-0.05, 0) is 19.1 Å². The maximum absolute atomic E-state index is 11.1. The first kappa shape index (κ1) is 14.5. The molecule has 0 saturated heterocycles. The zero-order chi connectivity index (χ0) is 13.4. The van der Waals surface area contributed by atoms with E-state index in [2.05, 4.69) is 10.1 Å². The standard InChI is InChI=1S/C13H19NO4/c1-10(13(16)17-2)14-8-11(15)9-18-12-6-4-3-5-7-12/h3-7,10-11,14-15H,8-9H2,1-2H3. The van der Waals surface area contributed by atoms with Crippen LogP contribution in [0.25, 0.3) is 0 Å². The van der Waals surface area contributed by atoms with Gasteiger partial charge >= 0.3 is 5.97 Å². The molecule has 5 heteroatoms. The number of hydrogen-bond acceptors (Lipinski definition) is 5. The van der Waals surface area contributed by atoms with Crippen molar-refractivity contribution in [2.45, 2.75) is 19.1 Å². The highest BCUT2D eigenvalue weighted by atomic mass is 16.5. The van der Waals surface area contributed by atoms with Crippen LogP contribution in [-0.2, 0) is 9.53 Å². The summed E-state index contributed by atoms with van der Waals surface area (Å²) in [6.07, 6.45) is -0.683. The van der Waals surface area contributed by atoms with Gasteiger partial charge < -0.3 is 19.9 Å². The fraction of sp³-hybridized carbons (Fsp3) is 0.462. The number of benzene rings is 1. The second-order valence-electron chi connectivity index (χ2n) is 3.93. The van der Waals surface area contributed by atoms with Gasteiger partial charge in [-0.1, -0.05) is 18.2 Å². The topological polar surface area (TPSA) is 67.8 Å². The van der Waals surface area contributed by atoms with Crippen molar-refractivity contribution in [3.63, 3.8) is 0 Å². The van der Waals surface area contributed by atoms with E-state index in [4.69, 9.17) is 4.74 Å². The Labute approximate surface area is 107 Å². The highest BCUT2D eigenvalue weighted by molar-refractivity contribution is 5.75. The number of aliphatic hydroxyl groups is 1. The SMILES string of the molecule is COC(=O)C(C)NCC(O)COc1ccccc1. The number of nitrogens with one attached hydrogen (secondary N) is 1. The third-order valence-electron chi connectivity index (χ3n) is 2.40. The van der Waals surface area contributed by atoms with E-state index in [0.717, 1.165) is 0 Å². The summed E-state index contributed by atoms with van der Waals surface area (Å²) in [4.78, 5) is 11.1. The Balaban J connectivity index is 2.22. The third kappa shape index (κ3) is 5.16. The molecule has 0 saturated carbocycles. The molecular weight excluding hydrogens is 234 g/mol. The number of hydrogen-bond donors (Lipinski definition) is 2. The smallest absolute Gasteiger partial charge is 0.322 e. The van der Waals surface area contributed by atoms with E-state index in [1.807, 2.05) is 30.3 Å². The molecule has 0 heterocycles. The molecule has 0 aromatic heterocycles. The fourth-order valence-electron chi connectivity index (χ4n) is 1.34. The van der Waals surface area contributed by atoms with Gasteiger partial charge in [0.25, 0.3) is 0 Å². The van der Waals surface area contributed by atoms with Crippen LogP contribution in [0, 0.1) is 0 Å². The molecule has 1 rings (SSSR count). The molecule has 2 atom stereocenters. The summed E-state index contributed by atoms with van der Waals surface area (Å²) in [6.45, 7) is 2.12. The number of para-hydroxylation sites is 1. The molecule has 0 aliphatic carbocycles. The van der Waals surface area contributed by atoms with Gasteiger partial charge in [0.15, 0.2) is 0 Å². The van der Waals surface area contributed by atoms with E-state index in [0.29, 0.717) is 5.75 Å². The summed E-state index contributed by atoms with van der Waals surface area (Å²) in [5, 5.41) is 12.5. The first-order valence-electron chi connectivity index (χ1n) is 5.80. The summed E-state index contributed by atoms with van der Waals surface area (Å²) in [7, 11) is 1.33. The van der Waals surface area contributed by atoms with E-state index < -0.39 is 12.1 Å². The van der Waals surface area contributed by atoms with E-state index in [1.54, 1.807) is 6.92 Å². The Hall–Kier alpha value is -1.59. The predicted molar refractivity (Wildman–Crippen MR) is 67.4 cm³/mol. The van der Waals surface area contributed by atoms with E-state index in [9.17, 15) is 9.90 Å². The quantitative estimate of drug-likeness (QED) is 0.696. The number of ether oxygens (including phenoxy) is 2. The molecule has 0 bridgehead atoms. The maximum atomic E-state index is 11.1. The lowest BCUT2D eigenvalue weighted by atomic mass is 10.3. The average Bonchev–Trinajstić information content (AvgIpc) is 2.42. The molecule has 0 amide bonds. The third-order valence-corrected chi connectivity index (χ3v) is 2.40. The minimum absolute atomic E-state index is 0.172. The van der Waals surface area contributed by atoms with Gasteiger partial charge in [-0.3, -0.25) is 4.79 Å². The molecule has 0 fully saturated rings. The van der Waals surface area contributed by atoms with Crippen molar-refractivity contribution in [1.82, 2.24) is 5.32 Å². The summed E-state index contributed by atoms with van der Waals surface area (Å²) >= 11 is 0. The molecule has 18 heavy (non-hydrogen) atoms. The molecule has 2 unspecified atom stereocenters. The van der Waals surface area contributed by atoms with Crippen molar-refractivity contribution < 1.29 is 19.4 Å². The molecule has 0 aliphatic rings. The van der Waals surface area contributed by atoms with Gasteiger partial charge in [0.05, 0.1) is 7.11 Å². The normalized spacial score (nSPS) is 13.7. The van der Waals surface area contributed by atoms with Crippen molar-refractivity contribution in [2.75, 3.05) is 20.3 Å². The zero-order valence-corrected chi connectivity index (χ0v) is 10.6.